The van der Waals surface area contributed by atoms with Gasteiger partial charge in [0.2, 0.25) is 0 Å². The van der Waals surface area contributed by atoms with Crippen molar-refractivity contribution in [3.8, 4) is 5.75 Å². The fourth-order valence-corrected chi connectivity index (χ4v) is 4.16. The third-order valence-corrected chi connectivity index (χ3v) is 6.12. The Morgan fingerprint density at radius 2 is 1.78 bits per heavy atom. The number of carbonyl (C=O) groups is 2. The minimum atomic E-state index is -1.66. The Hall–Kier alpha value is -4.60. The van der Waals surface area contributed by atoms with Crippen LogP contribution in [0.25, 0.3) is 10.8 Å². The molecule has 1 aliphatic rings. The minimum Gasteiger partial charge on any atom is -0.490 e. The Morgan fingerprint density at radius 1 is 1.08 bits per heavy atom. The summed E-state index contributed by atoms with van der Waals surface area (Å²) < 4.78 is 10.1. The summed E-state index contributed by atoms with van der Waals surface area (Å²) in [6, 6.07) is 18.8. The lowest BCUT2D eigenvalue weighted by molar-refractivity contribution is 0.109. The van der Waals surface area contributed by atoms with Crippen molar-refractivity contribution in [2.45, 2.75) is 32.4 Å². The molecule has 0 unspecified atom stereocenters. The number of fused-ring (bicyclic) bond motifs is 1. The molecule has 4 rings (SSSR count). The summed E-state index contributed by atoms with van der Waals surface area (Å²) in [6.07, 6.45) is -0.786. The summed E-state index contributed by atoms with van der Waals surface area (Å²) in [5, 5.41) is 20.5. The number of nitrogens with two attached hydrogens (primary N) is 1. The topological polar surface area (TPSA) is 150 Å². The van der Waals surface area contributed by atoms with Crippen LogP contribution in [-0.4, -0.2) is 53.1 Å². The van der Waals surface area contributed by atoms with Gasteiger partial charge in [-0.15, -0.1) is 0 Å². The highest BCUT2D eigenvalue weighted by Gasteiger charge is 2.20. The maximum Gasteiger partial charge on any atom is 0.514 e. The molecule has 0 atom stereocenters. The molecule has 0 saturated carbocycles. The summed E-state index contributed by atoms with van der Waals surface area (Å²) in [6.45, 7) is 3.59. The fraction of sp³-hybridized carbons (Fsp3) is 0.259. The van der Waals surface area contributed by atoms with Gasteiger partial charge >= 0.3 is 12.2 Å². The monoisotopic (exact) mass is 503 g/mol. The van der Waals surface area contributed by atoms with E-state index >= 15 is 0 Å². The molecule has 10 heteroatoms. The Kier molecular flexibility index (Phi) is 7.87. The van der Waals surface area contributed by atoms with E-state index in [-0.39, 0.29) is 12.6 Å². The second kappa shape index (κ2) is 11.4. The molecule has 37 heavy (non-hydrogen) atoms. The van der Waals surface area contributed by atoms with Gasteiger partial charge in [-0.05, 0) is 59.7 Å². The van der Waals surface area contributed by atoms with Crippen LogP contribution in [0.2, 0.25) is 0 Å². The number of rotatable bonds is 6. The fourth-order valence-electron chi connectivity index (χ4n) is 4.16. The average Bonchev–Trinajstić information content (AvgIpc) is 2.88. The quantitative estimate of drug-likeness (QED) is 0.166. The van der Waals surface area contributed by atoms with Gasteiger partial charge in [0.25, 0.3) is 0 Å². The molecular formula is C27H29N5O5. The van der Waals surface area contributed by atoms with Gasteiger partial charge in [-0.2, -0.15) is 0 Å². The van der Waals surface area contributed by atoms with E-state index in [9.17, 15) is 9.59 Å². The first-order chi connectivity index (χ1) is 17.8. The first kappa shape index (κ1) is 25.5. The second-order valence-corrected chi connectivity index (χ2v) is 8.79. The molecule has 0 aromatic heterocycles. The Morgan fingerprint density at radius 3 is 2.46 bits per heavy atom. The maximum atomic E-state index is 11.4. The number of benzene rings is 3. The third kappa shape index (κ3) is 6.97. The van der Waals surface area contributed by atoms with Gasteiger partial charge < -0.3 is 30.5 Å². The number of nitrogens with one attached hydrogen (secondary N) is 2. The predicted molar refractivity (Wildman–Crippen MR) is 141 cm³/mol. The van der Waals surface area contributed by atoms with E-state index in [1.165, 1.54) is 0 Å². The zero-order valence-corrected chi connectivity index (χ0v) is 20.4. The molecule has 3 aromatic carbocycles. The number of likely N-dealkylation sites (tertiary alicyclic amines) is 1. The number of aliphatic imine (C=N–C) groups is 1. The summed E-state index contributed by atoms with van der Waals surface area (Å²) in [5.74, 6) is 1.74. The first-order valence-electron chi connectivity index (χ1n) is 11.9. The minimum absolute atomic E-state index is 0.117. The molecular weight excluding hydrogens is 474 g/mol. The molecule has 1 aliphatic heterocycles. The van der Waals surface area contributed by atoms with Crippen molar-refractivity contribution in [2.75, 3.05) is 13.1 Å². The van der Waals surface area contributed by atoms with E-state index in [4.69, 9.17) is 21.0 Å². The van der Waals surface area contributed by atoms with Crippen LogP contribution >= 0.6 is 0 Å². The Balaban J connectivity index is 1.39. The Labute approximate surface area is 214 Å². The van der Waals surface area contributed by atoms with Gasteiger partial charge in [-0.1, -0.05) is 24.3 Å². The summed E-state index contributed by atoms with van der Waals surface area (Å²) in [5.41, 5.74) is 8.52. The van der Waals surface area contributed by atoms with Crippen LogP contribution in [-0.2, 0) is 11.3 Å². The number of carboxylic acid groups (broad SMARTS) is 1. The number of hydrogen-bond donors (Lipinski definition) is 4. The number of amides is 1. The first-order valence-corrected chi connectivity index (χ1v) is 11.9. The molecule has 0 spiro atoms. The van der Waals surface area contributed by atoms with Crippen LogP contribution in [0.15, 0.2) is 65.7 Å². The summed E-state index contributed by atoms with van der Waals surface area (Å²) in [7, 11) is 0. The number of piperidine rings is 1. The van der Waals surface area contributed by atoms with Crippen LogP contribution in [0.3, 0.4) is 0 Å². The SMILES string of the molecule is CC(=N)N1CCC(Oc2ccc(N=C(N)c3ccc4ccc(CNC(=O)OC(=O)O)cc4c3)cc2)CC1. The molecule has 1 saturated heterocycles. The van der Waals surface area contributed by atoms with Gasteiger partial charge in [0, 0.05) is 38.0 Å². The van der Waals surface area contributed by atoms with E-state index in [0.717, 1.165) is 53.6 Å². The third-order valence-electron chi connectivity index (χ3n) is 6.12. The molecule has 0 aliphatic carbocycles. The van der Waals surface area contributed by atoms with E-state index in [1.54, 1.807) is 0 Å². The van der Waals surface area contributed by atoms with Crippen molar-refractivity contribution in [2.24, 2.45) is 10.7 Å². The van der Waals surface area contributed by atoms with Crippen molar-refractivity contribution >= 4 is 40.4 Å². The molecule has 192 valence electrons. The lowest BCUT2D eigenvalue weighted by Crippen LogP contribution is -2.40. The highest BCUT2D eigenvalue weighted by atomic mass is 16.7. The van der Waals surface area contributed by atoms with E-state index < -0.39 is 12.2 Å². The van der Waals surface area contributed by atoms with Crippen molar-refractivity contribution in [1.82, 2.24) is 10.2 Å². The van der Waals surface area contributed by atoms with E-state index in [1.807, 2.05) is 67.6 Å². The lowest BCUT2D eigenvalue weighted by atomic mass is 10.0. The number of carbonyl (C=O) groups excluding carboxylic acids is 1. The van der Waals surface area contributed by atoms with Gasteiger partial charge in [0.1, 0.15) is 17.7 Å². The van der Waals surface area contributed by atoms with Crippen LogP contribution in [0.1, 0.15) is 30.9 Å². The number of hydrogen-bond acceptors (Lipinski definition) is 6. The van der Waals surface area contributed by atoms with Crippen molar-refractivity contribution in [1.29, 1.82) is 5.41 Å². The molecule has 3 aromatic rings. The van der Waals surface area contributed by atoms with E-state index in [2.05, 4.69) is 19.9 Å². The molecule has 1 fully saturated rings. The van der Waals surface area contributed by atoms with Crippen LogP contribution < -0.4 is 15.8 Å². The maximum absolute atomic E-state index is 11.4. The number of alkyl carbamates (subject to hydrolysis) is 1. The number of amidine groups is 2. The largest absolute Gasteiger partial charge is 0.514 e. The average molecular weight is 504 g/mol. The second-order valence-electron chi connectivity index (χ2n) is 8.79. The molecule has 0 bridgehead atoms. The number of nitrogens with zero attached hydrogens (tertiary/aromatic N) is 2. The molecule has 0 radical (unpaired) electrons. The van der Waals surface area contributed by atoms with Crippen LogP contribution in [0.5, 0.6) is 5.75 Å². The number of ether oxygens (including phenoxy) is 2. The molecule has 1 heterocycles. The smallest absolute Gasteiger partial charge is 0.490 e. The summed E-state index contributed by atoms with van der Waals surface area (Å²) in [4.78, 5) is 28.4. The van der Waals surface area contributed by atoms with Crippen LogP contribution in [0.4, 0.5) is 15.3 Å². The molecule has 10 nitrogen and oxygen atoms in total. The van der Waals surface area contributed by atoms with Crippen molar-refractivity contribution in [3.05, 3.63) is 71.8 Å². The molecule has 5 N–H and O–H groups in total. The van der Waals surface area contributed by atoms with E-state index in [0.29, 0.717) is 17.4 Å². The van der Waals surface area contributed by atoms with Gasteiger partial charge in [-0.3, -0.25) is 5.41 Å². The normalized spacial score (nSPS) is 14.3. The van der Waals surface area contributed by atoms with Crippen LogP contribution in [0, 0.1) is 5.41 Å². The molecule has 1 amide bonds. The standard InChI is InChI=1S/C27H29N5O5/c1-17(28)32-12-10-24(11-13-32)36-23-8-6-22(7-9-23)31-25(29)20-5-4-19-3-2-18(14-21(19)15-20)16-30-26(33)37-27(34)35/h2-9,14-15,24,28H,10-13,16H2,1H3,(H2,29,31)(H,30,33)(H,34,35). The zero-order chi connectivity index (χ0) is 26.4. The lowest BCUT2D eigenvalue weighted by Gasteiger charge is -2.32. The summed E-state index contributed by atoms with van der Waals surface area (Å²) >= 11 is 0. The van der Waals surface area contributed by atoms with Crippen molar-refractivity contribution < 1.29 is 24.2 Å². The highest BCUT2D eigenvalue weighted by molar-refractivity contribution is 6.02. The predicted octanol–water partition coefficient (Wildman–Crippen LogP) is 4.62. The zero-order valence-electron chi connectivity index (χ0n) is 20.4. The van der Waals surface area contributed by atoms with Gasteiger partial charge in [0.15, 0.2) is 0 Å². The van der Waals surface area contributed by atoms with Gasteiger partial charge in [-0.25, -0.2) is 14.6 Å². The highest BCUT2D eigenvalue weighted by Crippen LogP contribution is 2.24. The van der Waals surface area contributed by atoms with Crippen molar-refractivity contribution in [3.63, 3.8) is 0 Å². The van der Waals surface area contributed by atoms with Gasteiger partial charge in [0.05, 0.1) is 11.5 Å². The Bertz CT molecular complexity index is 1330.